The van der Waals surface area contributed by atoms with Gasteiger partial charge in [-0.05, 0) is 17.7 Å². The van der Waals surface area contributed by atoms with E-state index in [9.17, 15) is 0 Å². The van der Waals surface area contributed by atoms with Gasteiger partial charge in [0.2, 0.25) is 0 Å². The van der Waals surface area contributed by atoms with Crippen LogP contribution in [0.15, 0.2) is 103 Å². The molecule has 3 aromatic carbocycles. The van der Waals surface area contributed by atoms with Crippen LogP contribution < -0.4 is 0 Å². The molecule has 0 aliphatic carbocycles. The van der Waals surface area contributed by atoms with Gasteiger partial charge in [-0.2, -0.15) is 0 Å². The van der Waals surface area contributed by atoms with Gasteiger partial charge in [-0.15, -0.1) is 0 Å². The number of pyridine rings is 1. The quantitative estimate of drug-likeness (QED) is 0.364. The lowest BCUT2D eigenvalue weighted by Crippen LogP contribution is -2.01. The number of rotatable bonds is 3. The fraction of sp³-hybridized carbons (Fsp3) is 0.0385. The fourth-order valence-electron chi connectivity index (χ4n) is 4.33. The summed E-state index contributed by atoms with van der Waals surface area (Å²) >= 11 is 0. The fourth-order valence-corrected chi connectivity index (χ4v) is 4.33. The Morgan fingerprint density at radius 3 is 2.24 bits per heavy atom. The van der Waals surface area contributed by atoms with Gasteiger partial charge in [0.05, 0.1) is 17.4 Å². The molecule has 0 saturated carbocycles. The van der Waals surface area contributed by atoms with E-state index in [1.165, 1.54) is 32.9 Å². The Labute approximate surface area is 168 Å². The molecule has 3 aromatic heterocycles. The summed E-state index contributed by atoms with van der Waals surface area (Å²) in [6, 6.07) is 31.9. The molecule has 0 bridgehead atoms. The van der Waals surface area contributed by atoms with E-state index in [-0.39, 0.29) is 0 Å². The van der Waals surface area contributed by atoms with E-state index in [0.29, 0.717) is 0 Å². The van der Waals surface area contributed by atoms with Crippen molar-refractivity contribution >= 4 is 27.5 Å². The molecule has 29 heavy (non-hydrogen) atoms. The standard InChI is InChI=1S/C26H19N3/c1-3-9-19(10-4-1)18-29-23-14-8-7-13-21(23)22-15-16-28-24(17-27-26(28)25(22)29)20-11-5-2-6-12-20/h1-17H,18H2. The van der Waals surface area contributed by atoms with E-state index in [1.54, 1.807) is 0 Å². The molecule has 0 unspecified atom stereocenters. The van der Waals surface area contributed by atoms with E-state index in [4.69, 9.17) is 4.98 Å². The zero-order valence-electron chi connectivity index (χ0n) is 15.9. The molecule has 138 valence electrons. The van der Waals surface area contributed by atoms with E-state index in [0.717, 1.165) is 17.9 Å². The third-order valence-corrected chi connectivity index (χ3v) is 5.66. The predicted molar refractivity (Wildman–Crippen MR) is 119 cm³/mol. The molecule has 0 saturated heterocycles. The molecule has 3 nitrogen and oxygen atoms in total. The van der Waals surface area contributed by atoms with Crippen molar-refractivity contribution in [3.05, 3.63) is 109 Å². The summed E-state index contributed by atoms with van der Waals surface area (Å²) in [6.45, 7) is 0.818. The molecule has 3 heterocycles. The van der Waals surface area contributed by atoms with Crippen molar-refractivity contribution < 1.29 is 0 Å². The third kappa shape index (κ3) is 2.48. The highest BCUT2D eigenvalue weighted by atomic mass is 15.1. The molecule has 0 amide bonds. The van der Waals surface area contributed by atoms with Gasteiger partial charge in [0.15, 0.2) is 5.65 Å². The van der Waals surface area contributed by atoms with E-state index >= 15 is 0 Å². The van der Waals surface area contributed by atoms with Crippen LogP contribution in [0, 0.1) is 0 Å². The van der Waals surface area contributed by atoms with E-state index < -0.39 is 0 Å². The normalized spacial score (nSPS) is 11.6. The highest BCUT2D eigenvalue weighted by Gasteiger charge is 2.16. The number of imidazole rings is 1. The maximum Gasteiger partial charge on any atom is 0.161 e. The van der Waals surface area contributed by atoms with Crippen LogP contribution in [-0.2, 0) is 6.54 Å². The van der Waals surface area contributed by atoms with Gasteiger partial charge in [-0.1, -0.05) is 78.9 Å². The highest BCUT2D eigenvalue weighted by molar-refractivity contribution is 6.12. The SMILES string of the molecule is c1ccc(Cn2c3ccccc3c3ccn4c(-c5ccccc5)cnc4c32)cc1. The first-order valence-corrected chi connectivity index (χ1v) is 9.86. The van der Waals surface area contributed by atoms with Gasteiger partial charge in [-0.3, -0.25) is 4.40 Å². The van der Waals surface area contributed by atoms with Gasteiger partial charge in [-0.25, -0.2) is 4.98 Å². The number of hydrogen-bond donors (Lipinski definition) is 0. The summed E-state index contributed by atoms with van der Waals surface area (Å²) in [6.07, 6.45) is 4.13. The summed E-state index contributed by atoms with van der Waals surface area (Å²) in [5.74, 6) is 0. The van der Waals surface area contributed by atoms with Crippen molar-refractivity contribution in [2.75, 3.05) is 0 Å². The first-order chi connectivity index (χ1) is 14.4. The minimum Gasteiger partial charge on any atom is -0.333 e. The summed E-state index contributed by atoms with van der Waals surface area (Å²) in [5.41, 5.74) is 6.98. The van der Waals surface area contributed by atoms with Crippen LogP contribution in [0.3, 0.4) is 0 Å². The monoisotopic (exact) mass is 373 g/mol. The van der Waals surface area contributed by atoms with Crippen molar-refractivity contribution in [3.8, 4) is 11.3 Å². The van der Waals surface area contributed by atoms with Crippen LogP contribution in [0.1, 0.15) is 5.56 Å². The van der Waals surface area contributed by atoms with Crippen LogP contribution in [0.25, 0.3) is 38.7 Å². The van der Waals surface area contributed by atoms with Crippen molar-refractivity contribution in [1.82, 2.24) is 14.0 Å². The van der Waals surface area contributed by atoms with Gasteiger partial charge in [0.25, 0.3) is 0 Å². The minimum atomic E-state index is 0.818. The second-order valence-corrected chi connectivity index (χ2v) is 7.37. The maximum absolute atomic E-state index is 4.86. The van der Waals surface area contributed by atoms with Crippen molar-refractivity contribution in [1.29, 1.82) is 0 Å². The number of benzene rings is 3. The Balaban J connectivity index is 1.69. The lowest BCUT2D eigenvalue weighted by Gasteiger charge is -2.09. The largest absolute Gasteiger partial charge is 0.333 e. The molecule has 3 heteroatoms. The minimum absolute atomic E-state index is 0.818. The lowest BCUT2D eigenvalue weighted by molar-refractivity contribution is 0.868. The Bertz CT molecular complexity index is 1460. The van der Waals surface area contributed by atoms with Crippen LogP contribution in [0.5, 0.6) is 0 Å². The molecule has 6 rings (SSSR count). The average molecular weight is 373 g/mol. The predicted octanol–water partition coefficient (Wildman–Crippen LogP) is 6.16. The number of hydrogen-bond acceptors (Lipinski definition) is 1. The van der Waals surface area contributed by atoms with Gasteiger partial charge in [0, 0.05) is 34.6 Å². The summed E-state index contributed by atoms with van der Waals surface area (Å²) in [5, 5.41) is 2.51. The molecule has 0 aliphatic rings. The van der Waals surface area contributed by atoms with E-state index in [2.05, 4.69) is 100 Å². The summed E-state index contributed by atoms with van der Waals surface area (Å²) in [4.78, 5) is 4.86. The molecular weight excluding hydrogens is 354 g/mol. The van der Waals surface area contributed by atoms with E-state index in [1.807, 2.05) is 12.3 Å². The summed E-state index contributed by atoms with van der Waals surface area (Å²) in [7, 11) is 0. The van der Waals surface area contributed by atoms with Gasteiger partial charge < -0.3 is 4.57 Å². The molecule has 0 aliphatic heterocycles. The number of para-hydroxylation sites is 1. The molecule has 6 aromatic rings. The molecule has 0 spiro atoms. The van der Waals surface area contributed by atoms with Crippen LogP contribution in [0.4, 0.5) is 0 Å². The summed E-state index contributed by atoms with van der Waals surface area (Å²) < 4.78 is 4.61. The second-order valence-electron chi connectivity index (χ2n) is 7.37. The average Bonchev–Trinajstić information content (AvgIpc) is 3.35. The lowest BCUT2D eigenvalue weighted by atomic mass is 10.1. The Morgan fingerprint density at radius 1 is 0.690 bits per heavy atom. The number of nitrogens with zero attached hydrogens (tertiary/aromatic N) is 3. The second kappa shape index (κ2) is 6.35. The highest BCUT2D eigenvalue weighted by Crippen LogP contribution is 2.33. The molecular formula is C26H19N3. The zero-order valence-corrected chi connectivity index (χ0v) is 15.9. The third-order valence-electron chi connectivity index (χ3n) is 5.66. The molecule has 0 fully saturated rings. The van der Waals surface area contributed by atoms with Crippen LogP contribution >= 0.6 is 0 Å². The smallest absolute Gasteiger partial charge is 0.161 e. The van der Waals surface area contributed by atoms with Crippen LogP contribution in [-0.4, -0.2) is 14.0 Å². The Kier molecular flexibility index (Phi) is 3.53. The number of aromatic nitrogens is 3. The zero-order chi connectivity index (χ0) is 19.2. The van der Waals surface area contributed by atoms with Gasteiger partial charge >= 0.3 is 0 Å². The van der Waals surface area contributed by atoms with Gasteiger partial charge in [0.1, 0.15) is 0 Å². The van der Waals surface area contributed by atoms with Crippen molar-refractivity contribution in [2.24, 2.45) is 0 Å². The molecule has 0 N–H and O–H groups in total. The Morgan fingerprint density at radius 2 is 1.41 bits per heavy atom. The van der Waals surface area contributed by atoms with Crippen molar-refractivity contribution in [2.45, 2.75) is 6.54 Å². The molecule has 0 atom stereocenters. The number of fused-ring (bicyclic) bond motifs is 5. The Hall–Kier alpha value is -3.85. The first kappa shape index (κ1) is 16.1. The van der Waals surface area contributed by atoms with Crippen LogP contribution in [0.2, 0.25) is 0 Å². The maximum atomic E-state index is 4.86. The topological polar surface area (TPSA) is 22.2 Å². The van der Waals surface area contributed by atoms with Crippen molar-refractivity contribution in [3.63, 3.8) is 0 Å². The molecule has 0 radical (unpaired) electrons. The first-order valence-electron chi connectivity index (χ1n) is 9.86.